The summed E-state index contributed by atoms with van der Waals surface area (Å²) in [5.74, 6) is 2.36. The maximum atomic E-state index is 12.0. The lowest BCUT2D eigenvalue weighted by Gasteiger charge is -2.29. The van der Waals surface area contributed by atoms with Gasteiger partial charge < -0.3 is 9.84 Å². The number of nitrogens with one attached hydrogen (secondary N) is 1. The van der Waals surface area contributed by atoms with Crippen molar-refractivity contribution < 1.29 is 9.32 Å². The second kappa shape index (κ2) is 7.11. The Hall–Kier alpha value is -1.04. The molecule has 112 valence electrons. The number of carbonyl (C=O) groups is 1. The van der Waals surface area contributed by atoms with Gasteiger partial charge >= 0.3 is 0 Å². The first kappa shape index (κ1) is 15.4. The number of hydrogen-bond donors (Lipinski definition) is 1. The summed E-state index contributed by atoms with van der Waals surface area (Å²) in [7, 11) is 0. The van der Waals surface area contributed by atoms with Gasteiger partial charge in [0.1, 0.15) is 0 Å². The van der Waals surface area contributed by atoms with Gasteiger partial charge in [0.25, 0.3) is 0 Å². The molecule has 0 unspecified atom stereocenters. The summed E-state index contributed by atoms with van der Waals surface area (Å²) in [5, 5.41) is 6.97. The molecule has 20 heavy (non-hydrogen) atoms. The van der Waals surface area contributed by atoms with Gasteiger partial charge in [0.2, 0.25) is 11.8 Å². The van der Waals surface area contributed by atoms with Gasteiger partial charge in [-0.05, 0) is 32.6 Å². The van der Waals surface area contributed by atoms with Crippen molar-refractivity contribution in [2.45, 2.75) is 57.7 Å². The fourth-order valence-electron chi connectivity index (χ4n) is 2.53. The molecule has 1 N–H and O–H groups in total. The Morgan fingerprint density at radius 1 is 1.50 bits per heavy atom. The third-order valence-corrected chi connectivity index (χ3v) is 4.94. The topological polar surface area (TPSA) is 68.0 Å². The molecule has 1 aromatic heterocycles. The smallest absolute Gasteiger partial charge is 0.239 e. The van der Waals surface area contributed by atoms with Crippen LogP contribution in [0, 0.1) is 12.8 Å². The Bertz CT molecular complexity index is 449. The molecule has 1 saturated carbocycles. The van der Waals surface area contributed by atoms with Crippen LogP contribution in [0.15, 0.2) is 4.52 Å². The first-order valence-electron chi connectivity index (χ1n) is 7.27. The summed E-state index contributed by atoms with van der Waals surface area (Å²) in [6, 6.07) is 0.345. The zero-order valence-corrected chi connectivity index (χ0v) is 13.2. The van der Waals surface area contributed by atoms with Crippen LogP contribution in [0.2, 0.25) is 0 Å². The van der Waals surface area contributed by atoms with Crippen molar-refractivity contribution in [1.82, 2.24) is 15.5 Å². The molecule has 0 spiro atoms. The van der Waals surface area contributed by atoms with Gasteiger partial charge in [-0.25, -0.2) is 0 Å². The highest BCUT2D eigenvalue weighted by atomic mass is 32.2. The van der Waals surface area contributed by atoms with Crippen molar-refractivity contribution in [1.29, 1.82) is 0 Å². The minimum Gasteiger partial charge on any atom is -0.352 e. The van der Waals surface area contributed by atoms with E-state index in [-0.39, 0.29) is 11.2 Å². The van der Waals surface area contributed by atoms with Gasteiger partial charge in [-0.3, -0.25) is 4.79 Å². The van der Waals surface area contributed by atoms with Gasteiger partial charge in [0.15, 0.2) is 5.82 Å². The highest BCUT2D eigenvalue weighted by Gasteiger charge is 2.23. The van der Waals surface area contributed by atoms with Gasteiger partial charge in [-0.15, -0.1) is 11.8 Å². The lowest BCUT2D eigenvalue weighted by molar-refractivity contribution is -0.119. The fourth-order valence-corrected chi connectivity index (χ4v) is 3.25. The van der Waals surface area contributed by atoms with Crippen molar-refractivity contribution in [2.24, 2.45) is 5.92 Å². The van der Waals surface area contributed by atoms with Crippen LogP contribution in [0.5, 0.6) is 0 Å². The summed E-state index contributed by atoms with van der Waals surface area (Å²) in [6.07, 6.45) is 4.83. The Morgan fingerprint density at radius 3 is 2.90 bits per heavy atom. The van der Waals surface area contributed by atoms with Gasteiger partial charge in [-0.1, -0.05) is 24.9 Å². The zero-order valence-electron chi connectivity index (χ0n) is 12.4. The molecule has 2 rings (SSSR count). The number of hydrogen-bond acceptors (Lipinski definition) is 5. The average molecular weight is 297 g/mol. The molecule has 1 fully saturated rings. The first-order valence-corrected chi connectivity index (χ1v) is 8.32. The molecule has 0 bridgehead atoms. The Kier molecular flexibility index (Phi) is 5.46. The number of rotatable bonds is 5. The number of carbonyl (C=O) groups excluding carboxylic acids is 1. The molecule has 1 amide bonds. The largest absolute Gasteiger partial charge is 0.352 e. The van der Waals surface area contributed by atoms with E-state index in [0.29, 0.717) is 29.4 Å². The SMILES string of the molecule is Cc1noc([C@H](C)SCC(=O)N[C@H]2CCCC[C@H]2C)n1. The highest BCUT2D eigenvalue weighted by Crippen LogP contribution is 2.27. The normalized spacial score (nSPS) is 24.4. The van der Waals surface area contributed by atoms with E-state index in [1.54, 1.807) is 6.92 Å². The minimum absolute atomic E-state index is 0.0470. The highest BCUT2D eigenvalue weighted by molar-refractivity contribution is 8.00. The van der Waals surface area contributed by atoms with Crippen molar-refractivity contribution >= 4 is 17.7 Å². The standard InChI is InChI=1S/C14H23N3O2S/c1-9-6-4-5-7-12(9)16-13(18)8-20-10(2)14-15-11(3)17-19-14/h9-10,12H,4-8H2,1-3H3,(H,16,18)/t9-,10+,12+/m1/s1. The number of aromatic nitrogens is 2. The van der Waals surface area contributed by atoms with Crippen LogP contribution in [0.4, 0.5) is 0 Å². The predicted molar refractivity (Wildman–Crippen MR) is 79.5 cm³/mol. The molecule has 1 aliphatic carbocycles. The van der Waals surface area contributed by atoms with Crippen molar-refractivity contribution in [3.05, 3.63) is 11.7 Å². The number of nitrogens with zero attached hydrogens (tertiary/aromatic N) is 2. The van der Waals surface area contributed by atoms with Crippen LogP contribution in [0.25, 0.3) is 0 Å². The molecule has 1 aliphatic rings. The quantitative estimate of drug-likeness (QED) is 0.905. The molecule has 1 heterocycles. The number of aryl methyl sites for hydroxylation is 1. The van der Waals surface area contributed by atoms with Crippen molar-refractivity contribution in [3.63, 3.8) is 0 Å². The molecule has 0 radical (unpaired) electrons. The van der Waals surface area contributed by atoms with E-state index >= 15 is 0 Å². The first-order chi connectivity index (χ1) is 9.56. The molecular formula is C14H23N3O2S. The third kappa shape index (κ3) is 4.23. The predicted octanol–water partition coefficient (Wildman–Crippen LogP) is 2.87. The summed E-state index contributed by atoms with van der Waals surface area (Å²) >= 11 is 1.53. The Labute approximate surface area is 124 Å². The van der Waals surface area contributed by atoms with E-state index in [9.17, 15) is 4.79 Å². The van der Waals surface area contributed by atoms with E-state index < -0.39 is 0 Å². The number of thioether (sulfide) groups is 1. The molecule has 6 heteroatoms. The minimum atomic E-state index is 0.0470. The molecule has 5 nitrogen and oxygen atoms in total. The third-order valence-electron chi connectivity index (χ3n) is 3.81. The molecule has 0 aromatic carbocycles. The molecule has 0 saturated heterocycles. The van der Waals surface area contributed by atoms with Crippen LogP contribution in [0.1, 0.15) is 56.5 Å². The van der Waals surface area contributed by atoms with E-state index in [0.717, 1.165) is 6.42 Å². The summed E-state index contributed by atoms with van der Waals surface area (Å²) in [5.41, 5.74) is 0. The molecule has 1 aromatic rings. The summed E-state index contributed by atoms with van der Waals surface area (Å²) in [4.78, 5) is 16.2. The van der Waals surface area contributed by atoms with E-state index in [2.05, 4.69) is 22.4 Å². The van der Waals surface area contributed by atoms with Crippen molar-refractivity contribution in [2.75, 3.05) is 5.75 Å². The maximum absolute atomic E-state index is 12.0. The summed E-state index contributed by atoms with van der Waals surface area (Å²) in [6.45, 7) is 6.00. The molecule has 0 aliphatic heterocycles. The average Bonchev–Trinajstić information content (AvgIpc) is 2.85. The van der Waals surface area contributed by atoms with E-state index in [4.69, 9.17) is 4.52 Å². The van der Waals surface area contributed by atoms with E-state index in [1.807, 2.05) is 6.92 Å². The van der Waals surface area contributed by atoms with Crippen molar-refractivity contribution in [3.8, 4) is 0 Å². The van der Waals surface area contributed by atoms with Gasteiger partial charge in [0.05, 0.1) is 11.0 Å². The van der Waals surface area contributed by atoms with Crippen LogP contribution in [0.3, 0.4) is 0 Å². The Morgan fingerprint density at radius 2 is 2.25 bits per heavy atom. The van der Waals surface area contributed by atoms with Crippen LogP contribution >= 0.6 is 11.8 Å². The fraction of sp³-hybridized carbons (Fsp3) is 0.786. The lowest BCUT2D eigenvalue weighted by atomic mass is 9.86. The zero-order chi connectivity index (χ0) is 14.5. The van der Waals surface area contributed by atoms with E-state index in [1.165, 1.54) is 31.0 Å². The molecule has 3 atom stereocenters. The van der Waals surface area contributed by atoms with Gasteiger partial charge in [-0.2, -0.15) is 4.98 Å². The summed E-state index contributed by atoms with van der Waals surface area (Å²) < 4.78 is 5.11. The van der Waals surface area contributed by atoms with Crippen LogP contribution in [-0.4, -0.2) is 27.8 Å². The van der Waals surface area contributed by atoms with Crippen LogP contribution < -0.4 is 5.32 Å². The second-order valence-corrected chi connectivity index (χ2v) is 6.90. The maximum Gasteiger partial charge on any atom is 0.239 e. The van der Waals surface area contributed by atoms with Gasteiger partial charge in [0, 0.05) is 6.04 Å². The number of amides is 1. The monoisotopic (exact) mass is 297 g/mol. The second-order valence-electron chi connectivity index (χ2n) is 5.57. The molecular weight excluding hydrogens is 274 g/mol. The lowest BCUT2D eigenvalue weighted by Crippen LogP contribution is -2.41. The Balaban J connectivity index is 1.74. The van der Waals surface area contributed by atoms with Crippen LogP contribution in [-0.2, 0) is 4.79 Å².